The zero-order valence-electron chi connectivity index (χ0n) is 15.5. The normalized spacial score (nSPS) is 16.6. The zero-order valence-corrected chi connectivity index (χ0v) is 15.5. The number of urea groups is 1. The summed E-state index contributed by atoms with van der Waals surface area (Å²) in [5.41, 5.74) is 2.27. The molecule has 1 aliphatic heterocycles. The standard InChI is InChI=1S/C18H21N5O5/c1-27-14(24)9-13(17(25)28-2)22-18(26)23-8-6-11-15(21-10-20-11)16(23)12-5-3-4-7-19-12/h3-5,7,10,13,16H,6,8-9H2,1-2H3,(H,20,21)(H,22,26)/t13-,16+/m0/s1. The number of hydrogen-bond donors (Lipinski definition) is 2. The Hall–Kier alpha value is -3.43. The molecule has 2 aromatic rings. The molecule has 1 aliphatic rings. The molecule has 28 heavy (non-hydrogen) atoms. The molecular weight excluding hydrogens is 366 g/mol. The van der Waals surface area contributed by atoms with E-state index in [1.807, 2.05) is 6.07 Å². The molecule has 2 N–H and O–H groups in total. The fourth-order valence-electron chi connectivity index (χ4n) is 3.15. The van der Waals surface area contributed by atoms with Crippen LogP contribution in [0.25, 0.3) is 0 Å². The number of methoxy groups -OCH3 is 2. The number of esters is 2. The minimum atomic E-state index is -1.16. The van der Waals surface area contributed by atoms with Gasteiger partial charge in [0, 0.05) is 24.9 Å². The van der Waals surface area contributed by atoms with Crippen molar-refractivity contribution in [2.45, 2.75) is 24.9 Å². The Bertz CT molecular complexity index is 853. The molecule has 0 radical (unpaired) electrons. The first-order valence-electron chi connectivity index (χ1n) is 8.70. The van der Waals surface area contributed by atoms with Crippen LogP contribution in [0, 0.1) is 0 Å². The molecule has 10 nitrogen and oxygen atoms in total. The van der Waals surface area contributed by atoms with E-state index in [9.17, 15) is 14.4 Å². The predicted molar refractivity (Wildman–Crippen MR) is 96.0 cm³/mol. The first-order chi connectivity index (χ1) is 13.5. The summed E-state index contributed by atoms with van der Waals surface area (Å²) in [4.78, 5) is 49.9. The molecule has 0 fully saturated rings. The van der Waals surface area contributed by atoms with Crippen LogP contribution in [-0.2, 0) is 25.5 Å². The first-order valence-corrected chi connectivity index (χ1v) is 8.70. The maximum Gasteiger partial charge on any atom is 0.329 e. The second-order valence-corrected chi connectivity index (χ2v) is 6.17. The third-order valence-corrected chi connectivity index (χ3v) is 4.54. The SMILES string of the molecule is COC(=O)C[C@H](NC(=O)N1CCc2[nH]cnc2[C@H]1c1ccccn1)C(=O)OC. The number of rotatable bonds is 5. The van der Waals surface area contributed by atoms with Crippen LogP contribution in [0.3, 0.4) is 0 Å². The number of aromatic nitrogens is 3. The minimum absolute atomic E-state index is 0.329. The number of carbonyl (C=O) groups excluding carboxylic acids is 3. The molecule has 3 rings (SSSR count). The summed E-state index contributed by atoms with van der Waals surface area (Å²) in [5, 5.41) is 2.57. The van der Waals surface area contributed by atoms with Crippen LogP contribution in [0.5, 0.6) is 0 Å². The van der Waals surface area contributed by atoms with E-state index >= 15 is 0 Å². The van der Waals surface area contributed by atoms with E-state index in [-0.39, 0.29) is 6.42 Å². The number of H-pyrrole nitrogens is 1. The summed E-state index contributed by atoms with van der Waals surface area (Å²) < 4.78 is 9.28. The van der Waals surface area contributed by atoms with Crippen molar-refractivity contribution in [1.29, 1.82) is 0 Å². The first kappa shape index (κ1) is 19.3. The molecule has 0 spiro atoms. The summed E-state index contributed by atoms with van der Waals surface area (Å²) in [7, 11) is 2.39. The Morgan fingerprint density at radius 3 is 2.79 bits per heavy atom. The van der Waals surface area contributed by atoms with E-state index in [0.717, 1.165) is 5.69 Å². The molecule has 3 heterocycles. The molecule has 10 heteroatoms. The van der Waals surface area contributed by atoms with Crippen LogP contribution in [0.2, 0.25) is 0 Å². The molecule has 2 aromatic heterocycles. The molecule has 2 atom stereocenters. The molecule has 0 aromatic carbocycles. The molecule has 0 aliphatic carbocycles. The summed E-state index contributed by atoms with van der Waals surface area (Å²) >= 11 is 0. The van der Waals surface area contributed by atoms with Gasteiger partial charge in [-0.05, 0) is 12.1 Å². The zero-order chi connectivity index (χ0) is 20.1. The summed E-state index contributed by atoms with van der Waals surface area (Å²) in [6.45, 7) is 0.383. The molecule has 148 valence electrons. The van der Waals surface area contributed by atoms with E-state index in [2.05, 4.69) is 25.0 Å². The maximum absolute atomic E-state index is 13.0. The lowest BCUT2D eigenvalue weighted by molar-refractivity contribution is -0.149. The van der Waals surface area contributed by atoms with Crippen LogP contribution >= 0.6 is 0 Å². The van der Waals surface area contributed by atoms with Crippen molar-refractivity contribution in [2.24, 2.45) is 0 Å². The van der Waals surface area contributed by atoms with Gasteiger partial charge in [-0.1, -0.05) is 6.07 Å². The van der Waals surface area contributed by atoms with Gasteiger partial charge in [-0.15, -0.1) is 0 Å². The maximum atomic E-state index is 13.0. The second kappa shape index (κ2) is 8.51. The summed E-state index contributed by atoms with van der Waals surface area (Å²) in [6, 6.07) is 3.21. The number of nitrogens with one attached hydrogen (secondary N) is 2. The monoisotopic (exact) mass is 387 g/mol. The van der Waals surface area contributed by atoms with Gasteiger partial charge in [0.25, 0.3) is 0 Å². The van der Waals surface area contributed by atoms with Crippen molar-refractivity contribution < 1.29 is 23.9 Å². The van der Waals surface area contributed by atoms with Gasteiger partial charge in [0.1, 0.15) is 12.1 Å². The Morgan fingerprint density at radius 2 is 2.11 bits per heavy atom. The van der Waals surface area contributed by atoms with E-state index in [1.165, 1.54) is 14.2 Å². The second-order valence-electron chi connectivity index (χ2n) is 6.17. The van der Waals surface area contributed by atoms with Gasteiger partial charge < -0.3 is 24.7 Å². The Morgan fingerprint density at radius 1 is 1.29 bits per heavy atom. The molecule has 2 amide bonds. The third kappa shape index (κ3) is 3.95. The van der Waals surface area contributed by atoms with Crippen molar-refractivity contribution in [3.8, 4) is 0 Å². The fourth-order valence-corrected chi connectivity index (χ4v) is 3.15. The highest BCUT2D eigenvalue weighted by molar-refractivity contribution is 5.87. The van der Waals surface area contributed by atoms with Crippen molar-refractivity contribution in [2.75, 3.05) is 20.8 Å². The number of ether oxygens (including phenoxy) is 2. The number of amides is 2. The quantitative estimate of drug-likeness (QED) is 0.718. The Kier molecular flexibility index (Phi) is 5.87. The van der Waals surface area contributed by atoms with Gasteiger partial charge >= 0.3 is 18.0 Å². The molecule has 0 bridgehead atoms. The van der Waals surface area contributed by atoms with Crippen LogP contribution in [0.15, 0.2) is 30.7 Å². The van der Waals surface area contributed by atoms with Gasteiger partial charge in [-0.25, -0.2) is 14.6 Å². The number of carbonyl (C=O) groups is 3. The number of pyridine rings is 1. The predicted octanol–water partition coefficient (Wildman–Crippen LogP) is 0.567. The van der Waals surface area contributed by atoms with E-state index < -0.39 is 30.1 Å². The highest BCUT2D eigenvalue weighted by Gasteiger charge is 2.37. The number of hydrogen-bond acceptors (Lipinski definition) is 7. The fraction of sp³-hybridized carbons (Fsp3) is 0.389. The van der Waals surface area contributed by atoms with E-state index in [1.54, 1.807) is 29.6 Å². The number of fused-ring (bicyclic) bond motifs is 1. The number of aromatic amines is 1. The number of imidazole rings is 1. The Labute approximate surface area is 161 Å². The highest BCUT2D eigenvalue weighted by atomic mass is 16.5. The van der Waals surface area contributed by atoms with Crippen molar-refractivity contribution in [3.05, 3.63) is 47.8 Å². The van der Waals surface area contributed by atoms with Crippen molar-refractivity contribution in [1.82, 2.24) is 25.2 Å². The molecular formula is C18H21N5O5. The van der Waals surface area contributed by atoms with Gasteiger partial charge in [0.2, 0.25) is 0 Å². The van der Waals surface area contributed by atoms with Crippen molar-refractivity contribution in [3.63, 3.8) is 0 Å². The van der Waals surface area contributed by atoms with Crippen LogP contribution in [0.1, 0.15) is 29.5 Å². The molecule has 0 saturated heterocycles. The molecule has 0 saturated carbocycles. The smallest absolute Gasteiger partial charge is 0.329 e. The van der Waals surface area contributed by atoms with Crippen LogP contribution in [0.4, 0.5) is 4.79 Å². The van der Waals surface area contributed by atoms with Gasteiger partial charge in [-0.2, -0.15) is 0 Å². The Balaban J connectivity index is 1.86. The van der Waals surface area contributed by atoms with Crippen LogP contribution < -0.4 is 5.32 Å². The van der Waals surface area contributed by atoms with E-state index in [4.69, 9.17) is 4.74 Å². The largest absolute Gasteiger partial charge is 0.469 e. The lowest BCUT2D eigenvalue weighted by Crippen LogP contribution is -2.52. The number of nitrogens with zero attached hydrogens (tertiary/aromatic N) is 3. The summed E-state index contributed by atoms with van der Waals surface area (Å²) in [6.07, 6.45) is 3.47. The average Bonchev–Trinajstić information content (AvgIpc) is 3.21. The minimum Gasteiger partial charge on any atom is -0.469 e. The highest BCUT2D eigenvalue weighted by Crippen LogP contribution is 2.32. The van der Waals surface area contributed by atoms with Gasteiger partial charge in [0.05, 0.1) is 38.4 Å². The topological polar surface area (TPSA) is 127 Å². The van der Waals surface area contributed by atoms with Crippen molar-refractivity contribution >= 4 is 18.0 Å². The lowest BCUT2D eigenvalue weighted by atomic mass is 9.99. The lowest BCUT2D eigenvalue weighted by Gasteiger charge is -2.35. The average molecular weight is 387 g/mol. The van der Waals surface area contributed by atoms with E-state index in [0.29, 0.717) is 24.4 Å². The molecule has 0 unspecified atom stereocenters. The van der Waals surface area contributed by atoms with Crippen LogP contribution in [-0.4, -0.2) is 64.6 Å². The summed E-state index contributed by atoms with van der Waals surface area (Å²) in [5.74, 6) is -1.36. The van der Waals surface area contributed by atoms with Gasteiger partial charge in [0.15, 0.2) is 0 Å². The third-order valence-electron chi connectivity index (χ3n) is 4.54. The van der Waals surface area contributed by atoms with Gasteiger partial charge in [-0.3, -0.25) is 9.78 Å².